The molecule has 0 aliphatic carbocycles. The van der Waals surface area contributed by atoms with Gasteiger partial charge in [-0.05, 0) is 31.0 Å². The van der Waals surface area contributed by atoms with E-state index < -0.39 is 5.41 Å². The van der Waals surface area contributed by atoms with Crippen molar-refractivity contribution in [1.29, 1.82) is 0 Å². The van der Waals surface area contributed by atoms with E-state index in [1.165, 1.54) is 4.90 Å². The molecule has 3 N–H and O–H groups in total. The molecule has 0 saturated carbocycles. The molecule has 1 aromatic carbocycles. The normalized spacial score (nSPS) is 16.7. The number of halogens is 1. The Morgan fingerprint density at radius 1 is 1.39 bits per heavy atom. The first kappa shape index (κ1) is 17.7. The second-order valence-corrected chi connectivity index (χ2v) is 6.25. The summed E-state index contributed by atoms with van der Waals surface area (Å²) in [4.78, 5) is 26.2. The van der Waals surface area contributed by atoms with Crippen molar-refractivity contribution in [1.82, 2.24) is 4.90 Å². The number of hydrogen-bond donors (Lipinski definition) is 2. The molecular formula is C16H22ClN3O3. The molecule has 6 nitrogen and oxygen atoms in total. The van der Waals surface area contributed by atoms with Crippen LogP contribution in [0.1, 0.15) is 12.8 Å². The quantitative estimate of drug-likeness (QED) is 0.851. The summed E-state index contributed by atoms with van der Waals surface area (Å²) in [5.74, 6) is -0.383. The molecule has 1 aromatic rings. The zero-order valence-corrected chi connectivity index (χ0v) is 13.9. The van der Waals surface area contributed by atoms with Crippen molar-refractivity contribution in [3.8, 4) is 0 Å². The maximum atomic E-state index is 12.7. The molecule has 1 aliphatic rings. The predicted molar refractivity (Wildman–Crippen MR) is 89.3 cm³/mol. The zero-order chi connectivity index (χ0) is 16.9. The number of ether oxygens (including phenoxy) is 1. The number of nitrogens with two attached hydrogens (primary N) is 1. The third kappa shape index (κ3) is 4.43. The number of rotatable bonds is 5. The Morgan fingerprint density at radius 3 is 2.70 bits per heavy atom. The first-order valence-corrected chi connectivity index (χ1v) is 7.93. The van der Waals surface area contributed by atoms with Gasteiger partial charge >= 0.3 is 0 Å². The van der Waals surface area contributed by atoms with E-state index in [1.807, 2.05) is 0 Å². The lowest BCUT2D eigenvalue weighted by Crippen LogP contribution is -2.51. The van der Waals surface area contributed by atoms with Crippen LogP contribution in [0.4, 0.5) is 5.69 Å². The number of likely N-dealkylation sites (N-methyl/N-ethyl adjacent to an activating group) is 1. The van der Waals surface area contributed by atoms with E-state index in [1.54, 1.807) is 31.3 Å². The zero-order valence-electron chi connectivity index (χ0n) is 13.2. The Bertz CT molecular complexity index is 573. The van der Waals surface area contributed by atoms with E-state index in [2.05, 4.69) is 5.32 Å². The summed E-state index contributed by atoms with van der Waals surface area (Å²) >= 11 is 5.88. The highest BCUT2D eigenvalue weighted by atomic mass is 35.5. The molecule has 1 saturated heterocycles. The lowest BCUT2D eigenvalue weighted by molar-refractivity contribution is -0.147. The highest BCUT2D eigenvalue weighted by Crippen LogP contribution is 2.31. The number of nitrogens with one attached hydrogen (secondary N) is 1. The van der Waals surface area contributed by atoms with Crippen LogP contribution < -0.4 is 11.1 Å². The maximum Gasteiger partial charge on any atom is 0.243 e. The van der Waals surface area contributed by atoms with E-state index in [-0.39, 0.29) is 24.9 Å². The van der Waals surface area contributed by atoms with Gasteiger partial charge < -0.3 is 20.7 Å². The van der Waals surface area contributed by atoms with Crippen molar-refractivity contribution in [3.63, 3.8) is 0 Å². The van der Waals surface area contributed by atoms with Gasteiger partial charge in [-0.2, -0.15) is 0 Å². The summed E-state index contributed by atoms with van der Waals surface area (Å²) in [7, 11) is 1.62. The van der Waals surface area contributed by atoms with Gasteiger partial charge in [-0.25, -0.2) is 0 Å². The first-order chi connectivity index (χ1) is 11.0. The van der Waals surface area contributed by atoms with Gasteiger partial charge in [0.1, 0.15) is 0 Å². The van der Waals surface area contributed by atoms with Crippen molar-refractivity contribution in [3.05, 3.63) is 29.3 Å². The Morgan fingerprint density at radius 2 is 2.09 bits per heavy atom. The average Bonchev–Trinajstić information content (AvgIpc) is 2.54. The number of anilines is 1. The molecule has 0 atom stereocenters. The predicted octanol–water partition coefficient (Wildman–Crippen LogP) is 1.49. The molecular weight excluding hydrogens is 318 g/mol. The minimum atomic E-state index is -0.622. The Balaban J connectivity index is 1.95. The number of amides is 2. The van der Waals surface area contributed by atoms with E-state index in [0.717, 1.165) is 0 Å². The highest BCUT2D eigenvalue weighted by molar-refractivity contribution is 6.30. The molecule has 0 aromatic heterocycles. The Labute approximate surface area is 140 Å². The SMILES string of the molecule is CN(CC(=O)Nc1cccc(Cl)c1)C(=O)C1(CN)CCOCC1. The lowest BCUT2D eigenvalue weighted by atomic mass is 9.79. The van der Waals surface area contributed by atoms with Crippen LogP contribution in [0.2, 0.25) is 5.02 Å². The Hall–Kier alpha value is -1.63. The number of carbonyl (C=O) groups excluding carboxylic acids is 2. The smallest absolute Gasteiger partial charge is 0.243 e. The van der Waals surface area contributed by atoms with Crippen molar-refractivity contribution < 1.29 is 14.3 Å². The summed E-state index contributed by atoms with van der Waals surface area (Å²) in [6.45, 7) is 1.26. The lowest BCUT2D eigenvalue weighted by Gasteiger charge is -2.37. The second kappa shape index (κ2) is 7.77. The van der Waals surface area contributed by atoms with Gasteiger partial charge in [-0.1, -0.05) is 17.7 Å². The molecule has 2 amide bonds. The van der Waals surface area contributed by atoms with E-state index in [0.29, 0.717) is 36.8 Å². The summed E-state index contributed by atoms with van der Waals surface area (Å²) in [6.07, 6.45) is 1.17. The first-order valence-electron chi connectivity index (χ1n) is 7.56. The Kier molecular flexibility index (Phi) is 5.98. The molecule has 0 radical (unpaired) electrons. The van der Waals surface area contributed by atoms with Gasteiger partial charge in [-0.15, -0.1) is 0 Å². The summed E-state index contributed by atoms with van der Waals surface area (Å²) in [5, 5.41) is 3.27. The molecule has 0 spiro atoms. The van der Waals surface area contributed by atoms with Crippen LogP contribution in [0.5, 0.6) is 0 Å². The van der Waals surface area contributed by atoms with Crippen LogP contribution in [0.25, 0.3) is 0 Å². The van der Waals surface area contributed by atoms with Gasteiger partial charge in [-0.3, -0.25) is 9.59 Å². The molecule has 0 unspecified atom stereocenters. The number of hydrogen-bond acceptors (Lipinski definition) is 4. The van der Waals surface area contributed by atoms with Crippen molar-refractivity contribution in [2.24, 2.45) is 11.1 Å². The van der Waals surface area contributed by atoms with Crippen LogP contribution in [0, 0.1) is 5.41 Å². The fourth-order valence-corrected chi connectivity index (χ4v) is 2.92. The summed E-state index contributed by atoms with van der Waals surface area (Å²) < 4.78 is 5.31. The van der Waals surface area contributed by atoms with Gasteiger partial charge in [0.2, 0.25) is 11.8 Å². The van der Waals surface area contributed by atoms with Gasteiger partial charge in [0, 0.05) is 37.5 Å². The minimum absolute atomic E-state index is 0.0338. The molecule has 0 bridgehead atoms. The average molecular weight is 340 g/mol. The van der Waals surface area contributed by atoms with Crippen LogP contribution >= 0.6 is 11.6 Å². The minimum Gasteiger partial charge on any atom is -0.381 e. The molecule has 1 heterocycles. The molecule has 1 aliphatic heterocycles. The largest absolute Gasteiger partial charge is 0.381 e. The maximum absolute atomic E-state index is 12.7. The second-order valence-electron chi connectivity index (χ2n) is 5.82. The van der Waals surface area contributed by atoms with Gasteiger partial charge in [0.05, 0.1) is 12.0 Å². The van der Waals surface area contributed by atoms with Crippen LogP contribution in [0.15, 0.2) is 24.3 Å². The van der Waals surface area contributed by atoms with Crippen LogP contribution in [-0.4, -0.2) is 50.1 Å². The van der Waals surface area contributed by atoms with Crippen LogP contribution in [0.3, 0.4) is 0 Å². The third-order valence-electron chi connectivity index (χ3n) is 4.13. The monoisotopic (exact) mass is 339 g/mol. The van der Waals surface area contributed by atoms with E-state index in [4.69, 9.17) is 22.1 Å². The highest BCUT2D eigenvalue weighted by Gasteiger charge is 2.40. The molecule has 23 heavy (non-hydrogen) atoms. The molecule has 1 fully saturated rings. The van der Waals surface area contributed by atoms with E-state index in [9.17, 15) is 9.59 Å². The summed E-state index contributed by atoms with van der Waals surface area (Å²) in [5.41, 5.74) is 5.81. The van der Waals surface area contributed by atoms with Crippen LogP contribution in [-0.2, 0) is 14.3 Å². The summed E-state index contributed by atoms with van der Waals surface area (Å²) in [6, 6.07) is 6.87. The van der Waals surface area contributed by atoms with Crippen molar-refractivity contribution in [2.45, 2.75) is 12.8 Å². The van der Waals surface area contributed by atoms with Crippen molar-refractivity contribution in [2.75, 3.05) is 38.7 Å². The third-order valence-corrected chi connectivity index (χ3v) is 4.37. The molecule has 126 valence electrons. The fraction of sp³-hybridized carbons (Fsp3) is 0.500. The van der Waals surface area contributed by atoms with Gasteiger partial charge in [0.25, 0.3) is 0 Å². The van der Waals surface area contributed by atoms with E-state index >= 15 is 0 Å². The fourth-order valence-electron chi connectivity index (χ4n) is 2.73. The number of carbonyl (C=O) groups is 2. The van der Waals surface area contributed by atoms with Gasteiger partial charge in [0.15, 0.2) is 0 Å². The number of nitrogens with zero attached hydrogens (tertiary/aromatic N) is 1. The molecule has 2 rings (SSSR count). The van der Waals surface area contributed by atoms with Crippen molar-refractivity contribution >= 4 is 29.1 Å². The standard InChI is InChI=1S/C16H22ClN3O3/c1-20(15(22)16(11-18)5-7-23-8-6-16)10-14(21)19-13-4-2-3-12(17)9-13/h2-4,9H,5-8,10-11,18H2,1H3,(H,19,21). The molecule has 7 heteroatoms. The topological polar surface area (TPSA) is 84.7 Å². The number of benzene rings is 1.